The van der Waals surface area contributed by atoms with Gasteiger partial charge in [0.15, 0.2) is 0 Å². The highest BCUT2D eigenvalue weighted by Gasteiger charge is 2.27. The number of hydrogen-bond acceptors (Lipinski definition) is 3. The average Bonchev–Trinajstić information content (AvgIpc) is 2.55. The Morgan fingerprint density at radius 1 is 1.22 bits per heavy atom. The minimum atomic E-state index is -0.206. The molecular weight excluding hydrogens is 292 g/mol. The minimum absolute atomic E-state index is 0.0318. The number of fused-ring (bicyclic) bond motifs is 1. The topological polar surface area (TPSA) is 58.6 Å². The Hall–Kier alpha value is -2.82. The van der Waals surface area contributed by atoms with E-state index < -0.39 is 0 Å². The maximum Gasteiger partial charge on any atom is 0.244 e. The van der Waals surface area contributed by atoms with E-state index in [2.05, 4.69) is 5.32 Å². The smallest absolute Gasteiger partial charge is 0.244 e. The quantitative estimate of drug-likeness (QED) is 0.948. The Morgan fingerprint density at radius 2 is 1.96 bits per heavy atom. The van der Waals surface area contributed by atoms with Crippen molar-refractivity contribution in [2.45, 2.75) is 13.3 Å². The molecule has 1 heterocycles. The third-order valence-corrected chi connectivity index (χ3v) is 3.85. The fourth-order valence-corrected chi connectivity index (χ4v) is 2.59. The van der Waals surface area contributed by atoms with Gasteiger partial charge in [-0.1, -0.05) is 29.8 Å². The molecule has 0 atom stereocenters. The zero-order valence-electron chi connectivity index (χ0n) is 13.1. The van der Waals surface area contributed by atoms with Gasteiger partial charge in [-0.15, -0.1) is 0 Å². The molecule has 23 heavy (non-hydrogen) atoms. The molecule has 5 nitrogen and oxygen atoms in total. The van der Waals surface area contributed by atoms with Gasteiger partial charge in [-0.05, 0) is 24.6 Å². The molecule has 5 heteroatoms. The average molecular weight is 310 g/mol. The highest BCUT2D eigenvalue weighted by Crippen LogP contribution is 2.33. The Balaban J connectivity index is 1.86. The SMILES string of the molecule is COc1ccc2c(c1)NC(=O)CN2C(=O)Cc1ccc(C)cc1. The van der Waals surface area contributed by atoms with Gasteiger partial charge in [-0.3, -0.25) is 9.59 Å². The number of ether oxygens (including phenoxy) is 1. The molecule has 0 unspecified atom stereocenters. The maximum absolute atomic E-state index is 12.6. The molecule has 1 aliphatic heterocycles. The number of amides is 2. The van der Waals surface area contributed by atoms with Crippen molar-refractivity contribution in [3.63, 3.8) is 0 Å². The van der Waals surface area contributed by atoms with Gasteiger partial charge in [0.05, 0.1) is 24.9 Å². The molecule has 0 spiro atoms. The number of nitrogens with one attached hydrogen (secondary N) is 1. The van der Waals surface area contributed by atoms with E-state index in [1.165, 1.54) is 4.90 Å². The van der Waals surface area contributed by atoms with Crippen molar-refractivity contribution in [2.75, 3.05) is 23.9 Å². The van der Waals surface area contributed by atoms with Gasteiger partial charge in [0, 0.05) is 6.07 Å². The van der Waals surface area contributed by atoms with Gasteiger partial charge >= 0.3 is 0 Å². The Morgan fingerprint density at radius 3 is 2.65 bits per heavy atom. The summed E-state index contributed by atoms with van der Waals surface area (Å²) in [6.45, 7) is 2.04. The molecule has 0 aliphatic carbocycles. The molecule has 2 aromatic carbocycles. The van der Waals surface area contributed by atoms with Gasteiger partial charge in [-0.2, -0.15) is 0 Å². The zero-order valence-corrected chi connectivity index (χ0v) is 13.1. The summed E-state index contributed by atoms with van der Waals surface area (Å²) in [6, 6.07) is 13.1. The first-order valence-electron chi connectivity index (χ1n) is 7.40. The molecule has 118 valence electrons. The highest BCUT2D eigenvalue weighted by atomic mass is 16.5. The number of anilines is 2. The lowest BCUT2D eigenvalue weighted by atomic mass is 10.1. The first kappa shape index (κ1) is 15.1. The van der Waals surface area contributed by atoms with Crippen molar-refractivity contribution >= 4 is 23.2 Å². The predicted octanol–water partition coefficient (Wildman–Crippen LogP) is 2.53. The van der Waals surface area contributed by atoms with E-state index in [0.29, 0.717) is 17.1 Å². The summed E-state index contributed by atoms with van der Waals surface area (Å²) in [5, 5.41) is 2.78. The molecular formula is C18H18N2O3. The third-order valence-electron chi connectivity index (χ3n) is 3.85. The molecule has 0 saturated carbocycles. The van der Waals surface area contributed by atoms with Crippen molar-refractivity contribution < 1.29 is 14.3 Å². The largest absolute Gasteiger partial charge is 0.497 e. The number of aryl methyl sites for hydroxylation is 1. The minimum Gasteiger partial charge on any atom is -0.497 e. The maximum atomic E-state index is 12.6. The molecule has 0 bridgehead atoms. The number of rotatable bonds is 3. The predicted molar refractivity (Wildman–Crippen MR) is 88.9 cm³/mol. The molecule has 0 radical (unpaired) electrons. The summed E-state index contributed by atoms with van der Waals surface area (Å²) in [7, 11) is 1.56. The summed E-state index contributed by atoms with van der Waals surface area (Å²) in [5.74, 6) is 0.329. The second kappa shape index (κ2) is 6.12. The molecule has 1 aliphatic rings. The first-order valence-corrected chi connectivity index (χ1v) is 7.40. The fraction of sp³-hybridized carbons (Fsp3) is 0.222. The number of benzene rings is 2. The standard InChI is InChI=1S/C18H18N2O3/c1-12-3-5-13(6-4-12)9-18(22)20-11-17(21)19-15-10-14(23-2)7-8-16(15)20/h3-8,10H,9,11H2,1-2H3,(H,19,21). The summed E-state index contributed by atoms with van der Waals surface area (Å²) < 4.78 is 5.16. The van der Waals surface area contributed by atoms with Crippen molar-refractivity contribution in [3.8, 4) is 5.75 Å². The summed E-state index contributed by atoms with van der Waals surface area (Å²) in [4.78, 5) is 26.0. The summed E-state index contributed by atoms with van der Waals surface area (Å²) in [6.07, 6.45) is 0.263. The summed E-state index contributed by atoms with van der Waals surface area (Å²) in [5.41, 5.74) is 3.37. The fourth-order valence-electron chi connectivity index (χ4n) is 2.59. The second-order valence-electron chi connectivity index (χ2n) is 5.57. The van der Waals surface area contributed by atoms with Crippen molar-refractivity contribution in [1.29, 1.82) is 0 Å². The number of carbonyl (C=O) groups is 2. The summed E-state index contributed by atoms with van der Waals surface area (Å²) >= 11 is 0. The third kappa shape index (κ3) is 3.18. The molecule has 2 aromatic rings. The van der Waals surface area contributed by atoms with Gasteiger partial charge in [0.1, 0.15) is 12.3 Å². The van der Waals surface area contributed by atoms with E-state index in [9.17, 15) is 9.59 Å². The zero-order chi connectivity index (χ0) is 16.4. The lowest BCUT2D eigenvalue weighted by Gasteiger charge is -2.29. The lowest BCUT2D eigenvalue weighted by Crippen LogP contribution is -2.42. The van der Waals surface area contributed by atoms with Gasteiger partial charge in [-0.25, -0.2) is 0 Å². The van der Waals surface area contributed by atoms with Crippen LogP contribution in [0.25, 0.3) is 0 Å². The van der Waals surface area contributed by atoms with Crippen LogP contribution in [0.2, 0.25) is 0 Å². The van der Waals surface area contributed by atoms with Crippen molar-refractivity contribution in [3.05, 3.63) is 53.6 Å². The van der Waals surface area contributed by atoms with Crippen LogP contribution in [-0.2, 0) is 16.0 Å². The Kier molecular flexibility index (Phi) is 4.02. The number of nitrogens with zero attached hydrogens (tertiary/aromatic N) is 1. The van der Waals surface area contributed by atoms with E-state index >= 15 is 0 Å². The van der Waals surface area contributed by atoms with Gasteiger partial charge < -0.3 is 15.0 Å². The van der Waals surface area contributed by atoms with Crippen LogP contribution in [-0.4, -0.2) is 25.5 Å². The van der Waals surface area contributed by atoms with Crippen LogP contribution in [0, 0.1) is 6.92 Å². The van der Waals surface area contributed by atoms with Gasteiger partial charge in [0.2, 0.25) is 11.8 Å². The second-order valence-corrected chi connectivity index (χ2v) is 5.57. The molecule has 1 N–H and O–H groups in total. The van der Waals surface area contributed by atoms with Crippen LogP contribution >= 0.6 is 0 Å². The van der Waals surface area contributed by atoms with Crippen LogP contribution in [0.1, 0.15) is 11.1 Å². The molecule has 0 saturated heterocycles. The van der Waals surface area contributed by atoms with Crippen molar-refractivity contribution in [2.24, 2.45) is 0 Å². The number of hydrogen-bond donors (Lipinski definition) is 1. The van der Waals surface area contributed by atoms with Crippen molar-refractivity contribution in [1.82, 2.24) is 0 Å². The Labute approximate surface area is 134 Å². The highest BCUT2D eigenvalue weighted by molar-refractivity contribution is 6.10. The monoisotopic (exact) mass is 310 g/mol. The van der Waals surface area contributed by atoms with Crippen LogP contribution < -0.4 is 15.0 Å². The number of methoxy groups -OCH3 is 1. The van der Waals surface area contributed by atoms with Crippen LogP contribution in [0.15, 0.2) is 42.5 Å². The molecule has 0 fully saturated rings. The molecule has 0 aromatic heterocycles. The number of carbonyl (C=O) groups excluding carboxylic acids is 2. The van der Waals surface area contributed by atoms with E-state index in [4.69, 9.17) is 4.74 Å². The van der Waals surface area contributed by atoms with E-state index in [0.717, 1.165) is 11.1 Å². The molecule has 2 amide bonds. The van der Waals surface area contributed by atoms with Crippen LogP contribution in [0.5, 0.6) is 5.75 Å². The normalized spacial score (nSPS) is 13.3. The van der Waals surface area contributed by atoms with Crippen LogP contribution in [0.4, 0.5) is 11.4 Å². The van der Waals surface area contributed by atoms with E-state index in [-0.39, 0.29) is 24.8 Å². The lowest BCUT2D eigenvalue weighted by molar-refractivity contribution is -0.121. The Bertz CT molecular complexity index is 753. The molecule has 3 rings (SSSR count). The van der Waals surface area contributed by atoms with E-state index in [1.807, 2.05) is 31.2 Å². The first-order chi connectivity index (χ1) is 11.1. The van der Waals surface area contributed by atoms with Crippen LogP contribution in [0.3, 0.4) is 0 Å². The van der Waals surface area contributed by atoms with Gasteiger partial charge in [0.25, 0.3) is 0 Å². The van der Waals surface area contributed by atoms with E-state index in [1.54, 1.807) is 25.3 Å².